The predicted octanol–water partition coefficient (Wildman–Crippen LogP) is 0.669. The number of hydrogen-bond donors (Lipinski definition) is 2. The normalized spacial score (nSPS) is 22.9. The minimum atomic E-state index is -4.82. The van der Waals surface area contributed by atoms with Crippen LogP contribution in [0.25, 0.3) is 0 Å². The number of esters is 2. The number of ether oxygens (including phenoxy) is 1. The fourth-order valence-electron chi connectivity index (χ4n) is 1.25. The van der Waals surface area contributed by atoms with Crippen LogP contribution in [0.5, 0.6) is 0 Å². The molecule has 0 aromatic heterocycles. The molecule has 0 aromatic carbocycles. The minimum absolute atomic E-state index is 0.454. The van der Waals surface area contributed by atoms with Crippen LogP contribution in [0.15, 0.2) is 0 Å². The Bertz CT molecular complexity index is 289. The molecule has 1 N–H and O–H groups in total. The van der Waals surface area contributed by atoms with E-state index in [2.05, 4.69) is 22.7 Å². The molecule has 0 spiro atoms. The van der Waals surface area contributed by atoms with Gasteiger partial charge in [-0.3, -0.25) is 4.79 Å². The molecule has 1 rings (SSSR count). The molecule has 1 heterocycles. The van der Waals surface area contributed by atoms with E-state index in [1.54, 1.807) is 0 Å². The Hall–Kier alpha value is -0.760. The smallest absolute Gasteiger partial charge is 0.391 e. The van der Waals surface area contributed by atoms with Gasteiger partial charge in [-0.15, -0.1) is 0 Å². The van der Waals surface area contributed by atoms with E-state index in [0.717, 1.165) is 6.42 Å². The third-order valence-electron chi connectivity index (χ3n) is 2.08. The molecule has 1 aliphatic rings. The van der Waals surface area contributed by atoms with Crippen LogP contribution < -0.4 is 5.32 Å². The van der Waals surface area contributed by atoms with Gasteiger partial charge in [-0.2, -0.15) is 25.8 Å². The lowest BCUT2D eigenvalue weighted by Crippen LogP contribution is -2.39. The predicted molar refractivity (Wildman–Crippen MR) is 51.0 cm³/mol. The summed E-state index contributed by atoms with van der Waals surface area (Å²) in [5.41, 5.74) is 0. The summed E-state index contributed by atoms with van der Waals surface area (Å²) in [6.07, 6.45) is -3.64. The van der Waals surface area contributed by atoms with E-state index >= 15 is 0 Å². The average molecular weight is 257 g/mol. The first kappa shape index (κ1) is 13.3. The maximum atomic E-state index is 12.0. The Balaban J connectivity index is 2.47. The van der Waals surface area contributed by atoms with Gasteiger partial charge in [0.1, 0.15) is 6.04 Å². The molecule has 0 bridgehead atoms. The van der Waals surface area contributed by atoms with Crippen LogP contribution in [0.2, 0.25) is 0 Å². The molecule has 92 valence electrons. The topological polar surface area (TPSA) is 55.4 Å². The second-order valence-electron chi connectivity index (χ2n) is 3.33. The molecule has 0 saturated carbocycles. The van der Waals surface area contributed by atoms with Crippen molar-refractivity contribution in [3.8, 4) is 0 Å². The van der Waals surface area contributed by atoms with Crippen LogP contribution in [0, 0.1) is 0 Å². The first-order chi connectivity index (χ1) is 7.32. The fraction of sp³-hybridized carbons (Fsp3) is 0.750. The quantitative estimate of drug-likeness (QED) is 0.434. The number of thiol groups is 1. The van der Waals surface area contributed by atoms with Crippen molar-refractivity contribution in [2.24, 2.45) is 0 Å². The number of halogens is 3. The molecule has 4 nitrogen and oxygen atoms in total. The number of hydrogen-bond acceptors (Lipinski definition) is 5. The van der Waals surface area contributed by atoms with Gasteiger partial charge in [-0.05, 0) is 19.4 Å². The van der Waals surface area contributed by atoms with E-state index < -0.39 is 29.4 Å². The standard InChI is InChI=1S/C8H10F3NO3S/c9-8(10,11)5(16)7(14)15-6(13)4-2-1-3-12-4/h4-5,12,16H,1-3H2/t4-,5?/m0/s1. The van der Waals surface area contributed by atoms with E-state index in [1.165, 1.54) is 0 Å². The molecule has 1 saturated heterocycles. The molecular formula is C8H10F3NO3S. The van der Waals surface area contributed by atoms with E-state index in [4.69, 9.17) is 0 Å². The maximum absolute atomic E-state index is 12.0. The molecule has 1 fully saturated rings. The molecule has 16 heavy (non-hydrogen) atoms. The SMILES string of the molecule is O=C(OC(=O)[C@@H]1CCCN1)C(S)C(F)(F)F. The summed E-state index contributed by atoms with van der Waals surface area (Å²) in [5, 5.41) is 0.121. The number of nitrogens with one attached hydrogen (secondary N) is 1. The monoisotopic (exact) mass is 257 g/mol. The lowest BCUT2D eigenvalue weighted by molar-refractivity contribution is -0.174. The van der Waals surface area contributed by atoms with Gasteiger partial charge in [0.05, 0.1) is 0 Å². The molecular weight excluding hydrogens is 247 g/mol. The van der Waals surface area contributed by atoms with Gasteiger partial charge in [0.15, 0.2) is 5.25 Å². The van der Waals surface area contributed by atoms with Gasteiger partial charge in [-0.1, -0.05) is 0 Å². The summed E-state index contributed by atoms with van der Waals surface area (Å²) in [7, 11) is 0. The van der Waals surface area contributed by atoms with Crippen molar-refractivity contribution >= 4 is 24.6 Å². The largest absolute Gasteiger partial charge is 0.410 e. The lowest BCUT2D eigenvalue weighted by atomic mass is 10.2. The highest BCUT2D eigenvalue weighted by Crippen LogP contribution is 2.25. The fourth-order valence-corrected chi connectivity index (χ4v) is 1.30. The molecule has 2 atom stereocenters. The number of carbonyl (C=O) groups excluding carboxylic acids is 2. The maximum Gasteiger partial charge on any atom is 0.410 e. The van der Waals surface area contributed by atoms with Crippen molar-refractivity contribution in [1.29, 1.82) is 0 Å². The van der Waals surface area contributed by atoms with Crippen molar-refractivity contribution in [2.75, 3.05) is 6.54 Å². The van der Waals surface area contributed by atoms with Gasteiger partial charge in [-0.25, -0.2) is 4.79 Å². The molecule has 0 amide bonds. The first-order valence-corrected chi connectivity index (χ1v) is 5.07. The van der Waals surface area contributed by atoms with Crippen LogP contribution in [0.1, 0.15) is 12.8 Å². The molecule has 0 aromatic rings. The van der Waals surface area contributed by atoms with Crippen molar-refractivity contribution < 1.29 is 27.5 Å². The number of rotatable bonds is 2. The molecule has 0 aliphatic carbocycles. The van der Waals surface area contributed by atoms with Crippen LogP contribution in [0.3, 0.4) is 0 Å². The Morgan fingerprint density at radius 1 is 1.44 bits per heavy atom. The van der Waals surface area contributed by atoms with Gasteiger partial charge in [0.2, 0.25) is 0 Å². The van der Waals surface area contributed by atoms with Crippen molar-refractivity contribution in [2.45, 2.75) is 30.3 Å². The summed E-state index contributed by atoms with van der Waals surface area (Å²) in [6, 6.07) is -0.697. The zero-order valence-corrected chi connectivity index (χ0v) is 8.98. The first-order valence-electron chi connectivity index (χ1n) is 4.56. The van der Waals surface area contributed by atoms with Crippen LogP contribution in [-0.2, 0) is 14.3 Å². The van der Waals surface area contributed by atoms with Crippen LogP contribution in [0.4, 0.5) is 13.2 Å². The van der Waals surface area contributed by atoms with E-state index in [1.807, 2.05) is 0 Å². The summed E-state index contributed by atoms with van der Waals surface area (Å²) in [6.45, 7) is 0.581. The highest BCUT2D eigenvalue weighted by molar-refractivity contribution is 7.81. The molecule has 8 heteroatoms. The molecule has 1 unspecified atom stereocenters. The van der Waals surface area contributed by atoms with Crippen LogP contribution in [-0.4, -0.2) is 36.0 Å². The van der Waals surface area contributed by atoms with E-state index in [9.17, 15) is 22.8 Å². The second-order valence-corrected chi connectivity index (χ2v) is 3.85. The zero-order valence-electron chi connectivity index (χ0n) is 8.08. The minimum Gasteiger partial charge on any atom is -0.391 e. The van der Waals surface area contributed by atoms with Crippen molar-refractivity contribution in [3.63, 3.8) is 0 Å². The molecule has 0 radical (unpaired) electrons. The van der Waals surface area contributed by atoms with E-state index in [-0.39, 0.29) is 0 Å². The summed E-state index contributed by atoms with van der Waals surface area (Å²) >= 11 is 3.05. The van der Waals surface area contributed by atoms with E-state index in [0.29, 0.717) is 13.0 Å². The summed E-state index contributed by atoms with van der Waals surface area (Å²) in [4.78, 5) is 22.1. The van der Waals surface area contributed by atoms with Gasteiger partial charge >= 0.3 is 18.1 Å². The zero-order chi connectivity index (χ0) is 12.3. The summed E-state index contributed by atoms with van der Waals surface area (Å²) < 4.78 is 40.2. The highest BCUT2D eigenvalue weighted by Gasteiger charge is 2.44. The van der Waals surface area contributed by atoms with Crippen molar-refractivity contribution in [1.82, 2.24) is 5.32 Å². The van der Waals surface area contributed by atoms with Gasteiger partial charge in [0, 0.05) is 0 Å². The average Bonchev–Trinajstić information content (AvgIpc) is 2.67. The van der Waals surface area contributed by atoms with Gasteiger partial charge in [0.25, 0.3) is 0 Å². The Kier molecular flexibility index (Phi) is 4.20. The third kappa shape index (κ3) is 3.38. The van der Waals surface area contributed by atoms with Crippen molar-refractivity contribution in [3.05, 3.63) is 0 Å². The summed E-state index contributed by atoms with van der Waals surface area (Å²) in [5.74, 6) is -2.67. The second kappa shape index (κ2) is 5.05. The molecule has 1 aliphatic heterocycles. The Morgan fingerprint density at radius 2 is 2.06 bits per heavy atom. The Morgan fingerprint density at radius 3 is 2.50 bits per heavy atom. The lowest BCUT2D eigenvalue weighted by Gasteiger charge is -2.14. The number of carbonyl (C=O) groups is 2. The third-order valence-corrected chi connectivity index (χ3v) is 2.58. The Labute approximate surface area is 94.9 Å². The number of alkyl halides is 3. The highest BCUT2D eigenvalue weighted by atomic mass is 32.1. The van der Waals surface area contributed by atoms with Gasteiger partial charge < -0.3 is 10.1 Å². The van der Waals surface area contributed by atoms with Crippen LogP contribution >= 0.6 is 12.6 Å².